The zero-order valence-corrected chi connectivity index (χ0v) is 18.0. The molecule has 3 rings (SSSR count). The molecule has 8 nitrogen and oxygen atoms in total. The predicted molar refractivity (Wildman–Crippen MR) is 112 cm³/mol. The first-order valence-electron chi connectivity index (χ1n) is 10.2. The van der Waals surface area contributed by atoms with Gasteiger partial charge in [0.25, 0.3) is 16.1 Å². The number of para-hydroxylation sites is 1. The molecule has 0 unspecified atom stereocenters. The fourth-order valence-corrected chi connectivity index (χ4v) is 4.99. The normalized spacial score (nSPS) is 19.3. The maximum atomic E-state index is 12.9. The Morgan fingerprint density at radius 1 is 1.00 bits per heavy atom. The van der Waals surface area contributed by atoms with Crippen LogP contribution in [-0.4, -0.2) is 74.0 Å². The van der Waals surface area contributed by atoms with Crippen molar-refractivity contribution in [2.24, 2.45) is 5.92 Å². The zero-order valence-electron chi connectivity index (χ0n) is 17.1. The summed E-state index contributed by atoms with van der Waals surface area (Å²) in [7, 11) is -0.445. The van der Waals surface area contributed by atoms with Crippen molar-refractivity contribution in [3.63, 3.8) is 0 Å². The van der Waals surface area contributed by atoms with Gasteiger partial charge in [-0.05, 0) is 44.2 Å². The Bertz CT molecular complexity index is 842. The van der Waals surface area contributed by atoms with E-state index in [-0.39, 0.29) is 17.7 Å². The first kappa shape index (κ1) is 21.7. The van der Waals surface area contributed by atoms with Crippen molar-refractivity contribution in [3.8, 4) is 0 Å². The largest absolute Gasteiger partial charge is 0.339 e. The van der Waals surface area contributed by atoms with Gasteiger partial charge in [-0.15, -0.1) is 0 Å². The highest BCUT2D eigenvalue weighted by Gasteiger charge is 2.32. The molecule has 29 heavy (non-hydrogen) atoms. The van der Waals surface area contributed by atoms with Crippen LogP contribution in [0.25, 0.3) is 0 Å². The first-order valence-corrected chi connectivity index (χ1v) is 11.6. The van der Waals surface area contributed by atoms with Gasteiger partial charge in [-0.2, -0.15) is 17.0 Å². The molecular formula is C20H30N4O4S. The Morgan fingerprint density at radius 2 is 1.62 bits per heavy atom. The summed E-state index contributed by atoms with van der Waals surface area (Å²) in [6.07, 6.45) is 4.08. The van der Waals surface area contributed by atoms with E-state index >= 15 is 0 Å². The minimum Gasteiger partial charge on any atom is -0.339 e. The zero-order chi connectivity index (χ0) is 21.0. The third-order valence-electron chi connectivity index (χ3n) is 5.67. The molecule has 160 valence electrons. The molecule has 9 heteroatoms. The highest BCUT2D eigenvalue weighted by molar-refractivity contribution is 7.86. The lowest BCUT2D eigenvalue weighted by Gasteiger charge is -2.32. The number of hydrogen-bond donors (Lipinski definition) is 1. The SMILES string of the molecule is CN(C)S(=O)(=O)N1CCC(C(=O)Nc2ccccc2C(=O)N2CCCCC2)CC1. The summed E-state index contributed by atoms with van der Waals surface area (Å²) < 4.78 is 27.1. The van der Waals surface area contributed by atoms with Crippen LogP contribution in [-0.2, 0) is 15.0 Å². The van der Waals surface area contributed by atoms with E-state index < -0.39 is 10.2 Å². The number of nitrogens with one attached hydrogen (secondary N) is 1. The lowest BCUT2D eigenvalue weighted by atomic mass is 9.97. The molecular weight excluding hydrogens is 392 g/mol. The van der Waals surface area contributed by atoms with Crippen LogP contribution in [0.5, 0.6) is 0 Å². The van der Waals surface area contributed by atoms with Crippen LogP contribution in [0.15, 0.2) is 24.3 Å². The standard InChI is InChI=1S/C20H30N4O4S/c1-22(2)29(27,28)24-14-10-16(11-15-24)19(25)21-18-9-5-4-8-17(18)20(26)23-12-6-3-7-13-23/h4-5,8-9,16H,3,6-7,10-15H2,1-2H3,(H,21,25). The Kier molecular flexibility index (Phi) is 6.92. The fourth-order valence-electron chi connectivity index (χ4n) is 3.86. The van der Waals surface area contributed by atoms with Crippen molar-refractivity contribution in [3.05, 3.63) is 29.8 Å². The van der Waals surface area contributed by atoms with E-state index in [0.717, 1.165) is 32.4 Å². The van der Waals surface area contributed by atoms with Crippen LogP contribution in [0.1, 0.15) is 42.5 Å². The number of rotatable bonds is 5. The number of likely N-dealkylation sites (tertiary alicyclic amines) is 1. The summed E-state index contributed by atoms with van der Waals surface area (Å²) in [5.41, 5.74) is 1.03. The van der Waals surface area contributed by atoms with Crippen LogP contribution in [0.4, 0.5) is 5.69 Å². The number of hydrogen-bond acceptors (Lipinski definition) is 4. The van der Waals surface area contributed by atoms with Gasteiger partial charge < -0.3 is 10.2 Å². The predicted octanol–water partition coefficient (Wildman–Crippen LogP) is 1.77. The first-order chi connectivity index (χ1) is 13.8. The molecule has 2 amide bonds. The summed E-state index contributed by atoms with van der Waals surface area (Å²) in [6, 6.07) is 7.10. The van der Waals surface area contributed by atoms with Crippen molar-refractivity contribution in [2.75, 3.05) is 45.6 Å². The molecule has 1 aromatic carbocycles. The van der Waals surface area contributed by atoms with Gasteiger partial charge in [-0.25, -0.2) is 0 Å². The number of nitrogens with zero attached hydrogens (tertiary/aromatic N) is 3. The Labute approximate surface area is 173 Å². The van der Waals surface area contributed by atoms with Crippen LogP contribution in [0.3, 0.4) is 0 Å². The van der Waals surface area contributed by atoms with Crippen molar-refractivity contribution >= 4 is 27.7 Å². The van der Waals surface area contributed by atoms with Crippen LogP contribution in [0.2, 0.25) is 0 Å². The molecule has 2 aliphatic rings. The number of piperidine rings is 2. The molecule has 0 aliphatic carbocycles. The van der Waals surface area contributed by atoms with Crippen molar-refractivity contribution in [1.82, 2.24) is 13.5 Å². The minimum absolute atomic E-state index is 0.0486. The molecule has 0 spiro atoms. The molecule has 2 aliphatic heterocycles. The minimum atomic E-state index is -3.45. The highest BCUT2D eigenvalue weighted by atomic mass is 32.2. The monoisotopic (exact) mass is 422 g/mol. The lowest BCUT2D eigenvalue weighted by molar-refractivity contribution is -0.120. The van der Waals surface area contributed by atoms with Crippen molar-refractivity contribution in [2.45, 2.75) is 32.1 Å². The maximum Gasteiger partial charge on any atom is 0.281 e. The van der Waals surface area contributed by atoms with E-state index in [1.807, 2.05) is 4.90 Å². The van der Waals surface area contributed by atoms with E-state index in [9.17, 15) is 18.0 Å². The van der Waals surface area contributed by atoms with Crippen LogP contribution < -0.4 is 5.32 Å². The second kappa shape index (κ2) is 9.23. The highest BCUT2D eigenvalue weighted by Crippen LogP contribution is 2.24. The van der Waals surface area contributed by atoms with E-state index in [0.29, 0.717) is 37.2 Å². The average Bonchev–Trinajstić information content (AvgIpc) is 2.74. The second-order valence-electron chi connectivity index (χ2n) is 7.85. The third kappa shape index (κ3) is 4.96. The van der Waals surface area contributed by atoms with Gasteiger partial charge in [0.05, 0.1) is 11.3 Å². The summed E-state index contributed by atoms with van der Waals surface area (Å²) >= 11 is 0. The number of carbonyl (C=O) groups is 2. The van der Waals surface area contributed by atoms with E-state index in [1.165, 1.54) is 22.7 Å². The second-order valence-corrected chi connectivity index (χ2v) is 9.99. The molecule has 2 fully saturated rings. The molecule has 0 radical (unpaired) electrons. The van der Waals surface area contributed by atoms with Crippen LogP contribution >= 0.6 is 0 Å². The maximum absolute atomic E-state index is 12.9. The number of anilines is 1. The van der Waals surface area contributed by atoms with Crippen LogP contribution in [0, 0.1) is 5.92 Å². The van der Waals surface area contributed by atoms with Gasteiger partial charge in [0.1, 0.15) is 0 Å². The number of benzene rings is 1. The topological polar surface area (TPSA) is 90.0 Å². The fraction of sp³-hybridized carbons (Fsp3) is 0.600. The third-order valence-corrected chi connectivity index (χ3v) is 7.61. The van der Waals surface area contributed by atoms with Crippen molar-refractivity contribution in [1.29, 1.82) is 0 Å². The smallest absolute Gasteiger partial charge is 0.281 e. The van der Waals surface area contributed by atoms with E-state index in [1.54, 1.807) is 24.3 Å². The molecule has 1 N–H and O–H groups in total. The number of carbonyl (C=O) groups excluding carboxylic acids is 2. The van der Waals surface area contributed by atoms with Gasteiger partial charge in [-0.1, -0.05) is 12.1 Å². The lowest BCUT2D eigenvalue weighted by Crippen LogP contribution is -2.46. The summed E-state index contributed by atoms with van der Waals surface area (Å²) in [6.45, 7) is 2.12. The van der Waals surface area contributed by atoms with E-state index in [4.69, 9.17) is 0 Å². The Balaban J connectivity index is 1.64. The Morgan fingerprint density at radius 3 is 2.24 bits per heavy atom. The molecule has 0 bridgehead atoms. The van der Waals surface area contributed by atoms with Crippen molar-refractivity contribution < 1.29 is 18.0 Å². The van der Waals surface area contributed by atoms with Gasteiger partial charge in [-0.3, -0.25) is 9.59 Å². The van der Waals surface area contributed by atoms with Gasteiger partial charge in [0.2, 0.25) is 5.91 Å². The Hall–Kier alpha value is -1.97. The average molecular weight is 423 g/mol. The molecule has 2 saturated heterocycles. The molecule has 1 aromatic rings. The summed E-state index contributed by atoms with van der Waals surface area (Å²) in [5, 5.41) is 2.91. The number of amides is 2. The molecule has 0 aromatic heterocycles. The van der Waals surface area contributed by atoms with E-state index in [2.05, 4.69) is 5.32 Å². The summed E-state index contributed by atoms with van der Waals surface area (Å²) in [4.78, 5) is 27.5. The van der Waals surface area contributed by atoms with Gasteiger partial charge >= 0.3 is 0 Å². The molecule has 2 heterocycles. The summed E-state index contributed by atoms with van der Waals surface area (Å²) in [5.74, 6) is -0.486. The molecule has 0 saturated carbocycles. The van der Waals surface area contributed by atoms with Gasteiger partial charge in [0.15, 0.2) is 0 Å². The quantitative estimate of drug-likeness (QED) is 0.783. The van der Waals surface area contributed by atoms with Gasteiger partial charge in [0, 0.05) is 46.2 Å². The molecule has 0 atom stereocenters.